The molecule has 2 aromatic rings. The summed E-state index contributed by atoms with van der Waals surface area (Å²) in [7, 11) is 1.79. The van der Waals surface area contributed by atoms with Crippen molar-refractivity contribution >= 4 is 17.3 Å². The molecule has 0 aliphatic rings. The number of rotatable bonds is 5. The molecule has 0 amide bonds. The molecule has 110 valence electrons. The van der Waals surface area contributed by atoms with E-state index < -0.39 is 4.92 Å². The average Bonchev–Trinajstić information content (AvgIpc) is 2.46. The van der Waals surface area contributed by atoms with Crippen LogP contribution in [0, 0.1) is 17.0 Å². The van der Waals surface area contributed by atoms with Crippen LogP contribution in [0.3, 0.4) is 0 Å². The van der Waals surface area contributed by atoms with Gasteiger partial charge in [-0.25, -0.2) is 10.8 Å². The Labute approximate surface area is 121 Å². The monoisotopic (exact) mass is 288 g/mol. The van der Waals surface area contributed by atoms with E-state index in [1.165, 1.54) is 12.1 Å². The lowest BCUT2D eigenvalue weighted by Crippen LogP contribution is -2.20. The van der Waals surface area contributed by atoms with E-state index >= 15 is 0 Å². The molecule has 0 fully saturated rings. The second-order valence-electron chi connectivity index (χ2n) is 4.60. The third kappa shape index (κ3) is 3.63. The van der Waals surface area contributed by atoms with Crippen LogP contribution in [-0.4, -0.2) is 21.9 Å². The van der Waals surface area contributed by atoms with Crippen LogP contribution in [-0.2, 0) is 6.54 Å². The second-order valence-corrected chi connectivity index (χ2v) is 4.60. The van der Waals surface area contributed by atoms with Crippen molar-refractivity contribution in [2.24, 2.45) is 5.84 Å². The van der Waals surface area contributed by atoms with E-state index in [2.05, 4.69) is 15.4 Å². The molecule has 0 saturated carbocycles. The number of nitrogens with one attached hydrogen (secondary N) is 1. The van der Waals surface area contributed by atoms with E-state index in [0.717, 1.165) is 11.4 Å². The Hall–Kier alpha value is -2.74. The predicted molar refractivity (Wildman–Crippen MR) is 79.8 cm³/mol. The average molecular weight is 288 g/mol. The summed E-state index contributed by atoms with van der Waals surface area (Å²) >= 11 is 0. The lowest BCUT2D eigenvalue weighted by atomic mass is 10.3. The first-order valence-electron chi connectivity index (χ1n) is 6.26. The maximum absolute atomic E-state index is 10.9. The molecule has 21 heavy (non-hydrogen) atoms. The SMILES string of the molecule is Cc1cccc(CN(C)c2cc([N+](=O)[O-])cc(NN)n2)n1. The van der Waals surface area contributed by atoms with Crippen molar-refractivity contribution in [3.05, 3.63) is 51.8 Å². The molecule has 8 nitrogen and oxygen atoms in total. The van der Waals surface area contributed by atoms with Crippen LogP contribution in [0.25, 0.3) is 0 Å². The van der Waals surface area contributed by atoms with Crippen molar-refractivity contribution in [3.63, 3.8) is 0 Å². The fourth-order valence-electron chi connectivity index (χ4n) is 1.89. The number of pyridine rings is 2. The van der Waals surface area contributed by atoms with E-state index in [9.17, 15) is 10.1 Å². The summed E-state index contributed by atoms with van der Waals surface area (Å²) in [5.74, 6) is 5.98. The van der Waals surface area contributed by atoms with Crippen LogP contribution in [0.15, 0.2) is 30.3 Å². The Bertz CT molecular complexity index is 661. The van der Waals surface area contributed by atoms with Gasteiger partial charge in [-0.1, -0.05) is 6.07 Å². The zero-order chi connectivity index (χ0) is 15.4. The summed E-state index contributed by atoms with van der Waals surface area (Å²) in [5, 5.41) is 10.9. The Morgan fingerprint density at radius 1 is 1.38 bits per heavy atom. The highest BCUT2D eigenvalue weighted by molar-refractivity contribution is 5.55. The smallest absolute Gasteiger partial charge is 0.276 e. The van der Waals surface area contributed by atoms with Gasteiger partial charge in [0.2, 0.25) is 0 Å². The van der Waals surface area contributed by atoms with Crippen LogP contribution in [0.4, 0.5) is 17.3 Å². The summed E-state index contributed by atoms with van der Waals surface area (Å²) in [4.78, 5) is 20.8. The molecule has 0 unspecified atom stereocenters. The van der Waals surface area contributed by atoms with E-state index in [1.54, 1.807) is 11.9 Å². The van der Waals surface area contributed by atoms with Crippen molar-refractivity contribution in [1.29, 1.82) is 0 Å². The van der Waals surface area contributed by atoms with Crippen LogP contribution < -0.4 is 16.2 Å². The van der Waals surface area contributed by atoms with E-state index in [4.69, 9.17) is 5.84 Å². The predicted octanol–water partition coefficient (Wildman–Crippen LogP) is 1.62. The van der Waals surface area contributed by atoms with Gasteiger partial charge in [0.25, 0.3) is 5.69 Å². The quantitative estimate of drug-likeness (QED) is 0.488. The number of nitrogens with two attached hydrogens (primary N) is 1. The Balaban J connectivity index is 2.27. The van der Waals surface area contributed by atoms with Gasteiger partial charge in [-0.15, -0.1) is 0 Å². The van der Waals surface area contributed by atoms with Gasteiger partial charge in [0, 0.05) is 12.7 Å². The van der Waals surface area contributed by atoms with Crippen LogP contribution in [0.2, 0.25) is 0 Å². The number of anilines is 2. The van der Waals surface area contributed by atoms with E-state index in [-0.39, 0.29) is 11.5 Å². The fraction of sp³-hybridized carbons (Fsp3) is 0.231. The van der Waals surface area contributed by atoms with Gasteiger partial charge in [-0.2, -0.15) is 0 Å². The van der Waals surface area contributed by atoms with Gasteiger partial charge < -0.3 is 10.3 Å². The van der Waals surface area contributed by atoms with Gasteiger partial charge in [0.15, 0.2) is 0 Å². The molecule has 3 N–H and O–H groups in total. The Kier molecular flexibility index (Phi) is 4.29. The zero-order valence-electron chi connectivity index (χ0n) is 11.8. The first kappa shape index (κ1) is 14.7. The van der Waals surface area contributed by atoms with E-state index in [0.29, 0.717) is 12.4 Å². The molecular formula is C13H16N6O2. The van der Waals surface area contributed by atoms with Crippen LogP contribution in [0.5, 0.6) is 0 Å². The molecule has 0 saturated heterocycles. The first-order chi connectivity index (χ1) is 9.99. The number of hydrazine groups is 1. The van der Waals surface area contributed by atoms with Crippen LogP contribution in [0.1, 0.15) is 11.4 Å². The lowest BCUT2D eigenvalue weighted by molar-refractivity contribution is -0.384. The largest absolute Gasteiger partial charge is 0.353 e. The number of aryl methyl sites for hydroxylation is 1. The highest BCUT2D eigenvalue weighted by Crippen LogP contribution is 2.23. The highest BCUT2D eigenvalue weighted by Gasteiger charge is 2.14. The minimum Gasteiger partial charge on any atom is -0.353 e. The third-order valence-corrected chi connectivity index (χ3v) is 2.89. The summed E-state index contributed by atoms with van der Waals surface area (Å²) in [6.07, 6.45) is 0. The minimum absolute atomic E-state index is 0.0722. The molecule has 0 aliphatic carbocycles. The molecule has 0 atom stereocenters. The van der Waals surface area contributed by atoms with Gasteiger partial charge in [0.1, 0.15) is 11.6 Å². The molecule has 0 aromatic carbocycles. The zero-order valence-corrected chi connectivity index (χ0v) is 11.8. The molecule has 0 aliphatic heterocycles. The summed E-state index contributed by atoms with van der Waals surface area (Å²) in [6.45, 7) is 2.39. The van der Waals surface area contributed by atoms with Crippen molar-refractivity contribution in [1.82, 2.24) is 9.97 Å². The second kappa shape index (κ2) is 6.14. The molecule has 0 radical (unpaired) electrons. The van der Waals surface area contributed by atoms with Crippen molar-refractivity contribution < 1.29 is 4.92 Å². The van der Waals surface area contributed by atoms with Crippen molar-refractivity contribution in [2.75, 3.05) is 17.4 Å². The van der Waals surface area contributed by atoms with Gasteiger partial charge in [-0.3, -0.25) is 15.1 Å². The summed E-state index contributed by atoms with van der Waals surface area (Å²) in [6, 6.07) is 8.40. The number of aromatic nitrogens is 2. The molecule has 0 spiro atoms. The lowest BCUT2D eigenvalue weighted by Gasteiger charge is -2.18. The molecule has 2 rings (SSSR count). The standard InChI is InChI=1S/C13H16N6O2/c1-9-4-3-5-10(15-9)8-18(2)13-7-11(19(20)21)6-12(16-13)17-14/h3-7H,8,14H2,1-2H3,(H,16,17). The molecule has 2 aromatic heterocycles. The summed E-state index contributed by atoms with van der Waals surface area (Å²) < 4.78 is 0. The van der Waals surface area contributed by atoms with Crippen molar-refractivity contribution in [2.45, 2.75) is 13.5 Å². The maximum Gasteiger partial charge on any atom is 0.276 e. The molecular weight excluding hydrogens is 272 g/mol. The van der Waals surface area contributed by atoms with E-state index in [1.807, 2.05) is 25.1 Å². The highest BCUT2D eigenvalue weighted by atomic mass is 16.6. The molecule has 2 heterocycles. The Morgan fingerprint density at radius 2 is 2.14 bits per heavy atom. The fourth-order valence-corrected chi connectivity index (χ4v) is 1.89. The van der Waals surface area contributed by atoms with Gasteiger partial charge in [-0.05, 0) is 19.1 Å². The topological polar surface area (TPSA) is 110 Å². The number of nitrogens with zero attached hydrogens (tertiary/aromatic N) is 4. The molecule has 0 bridgehead atoms. The van der Waals surface area contributed by atoms with Gasteiger partial charge >= 0.3 is 0 Å². The molecule has 8 heteroatoms. The number of nitro groups is 1. The Morgan fingerprint density at radius 3 is 2.76 bits per heavy atom. The summed E-state index contributed by atoms with van der Waals surface area (Å²) in [5.41, 5.74) is 4.03. The normalized spacial score (nSPS) is 10.2. The number of hydrogen-bond donors (Lipinski definition) is 2. The number of hydrogen-bond acceptors (Lipinski definition) is 7. The van der Waals surface area contributed by atoms with Gasteiger partial charge in [0.05, 0.1) is 29.3 Å². The van der Waals surface area contributed by atoms with Crippen molar-refractivity contribution in [3.8, 4) is 0 Å². The third-order valence-electron chi connectivity index (χ3n) is 2.89. The maximum atomic E-state index is 10.9. The number of nitrogen functional groups attached to an aromatic ring is 1. The first-order valence-corrected chi connectivity index (χ1v) is 6.26. The van der Waals surface area contributed by atoms with Crippen LogP contribution >= 0.6 is 0 Å². The minimum atomic E-state index is -0.481.